The first kappa shape index (κ1) is 21.0. The zero-order valence-electron chi connectivity index (χ0n) is 16.0. The lowest BCUT2D eigenvalue weighted by Gasteiger charge is -2.19. The molecule has 0 heterocycles. The Labute approximate surface area is 164 Å². The average molecular weight is 410 g/mol. The molecule has 0 aliphatic heterocycles. The van der Waals surface area contributed by atoms with Crippen molar-refractivity contribution in [2.24, 2.45) is 11.0 Å². The van der Waals surface area contributed by atoms with Gasteiger partial charge in [0, 0.05) is 5.92 Å². The SMILES string of the molecule is CC(C)(C)c1ccc([C@@H]2C[C@H]2C(=O)NN=Cc2c(F)c(F)c(F)c(F)c2F)cc1. The zero-order valence-corrected chi connectivity index (χ0v) is 16.0. The lowest BCUT2D eigenvalue weighted by Crippen LogP contribution is -2.20. The van der Waals surface area contributed by atoms with Gasteiger partial charge in [0.2, 0.25) is 11.7 Å². The van der Waals surface area contributed by atoms with Gasteiger partial charge in [-0.15, -0.1) is 0 Å². The van der Waals surface area contributed by atoms with Crippen molar-refractivity contribution in [3.8, 4) is 0 Å². The number of amides is 1. The Balaban J connectivity index is 1.65. The largest absolute Gasteiger partial charge is 0.273 e. The van der Waals surface area contributed by atoms with E-state index in [4.69, 9.17) is 0 Å². The van der Waals surface area contributed by atoms with E-state index in [1.54, 1.807) is 0 Å². The fourth-order valence-electron chi connectivity index (χ4n) is 3.06. The maximum atomic E-state index is 13.6. The first-order valence-electron chi connectivity index (χ1n) is 8.97. The number of halogens is 5. The van der Waals surface area contributed by atoms with Gasteiger partial charge in [-0.3, -0.25) is 4.79 Å². The van der Waals surface area contributed by atoms with Crippen molar-refractivity contribution in [1.82, 2.24) is 5.43 Å². The summed E-state index contributed by atoms with van der Waals surface area (Å²) in [4.78, 5) is 12.1. The number of benzene rings is 2. The Morgan fingerprint density at radius 2 is 1.48 bits per heavy atom. The molecule has 1 saturated carbocycles. The molecule has 0 radical (unpaired) electrons. The first-order chi connectivity index (χ1) is 13.5. The van der Waals surface area contributed by atoms with E-state index in [9.17, 15) is 26.7 Å². The highest BCUT2D eigenvalue weighted by molar-refractivity contribution is 5.85. The molecule has 2 aromatic carbocycles. The molecule has 2 atom stereocenters. The molecule has 0 aromatic heterocycles. The highest BCUT2D eigenvalue weighted by Crippen LogP contribution is 2.47. The molecule has 3 rings (SSSR count). The topological polar surface area (TPSA) is 41.5 Å². The van der Waals surface area contributed by atoms with E-state index in [-0.39, 0.29) is 17.3 Å². The van der Waals surface area contributed by atoms with Crippen molar-refractivity contribution in [3.63, 3.8) is 0 Å². The highest BCUT2D eigenvalue weighted by Gasteiger charge is 2.44. The molecule has 1 aliphatic carbocycles. The van der Waals surface area contributed by atoms with Crippen LogP contribution in [0, 0.1) is 35.0 Å². The van der Waals surface area contributed by atoms with E-state index in [0.29, 0.717) is 12.6 Å². The fraction of sp³-hybridized carbons (Fsp3) is 0.333. The van der Waals surface area contributed by atoms with Crippen molar-refractivity contribution in [2.45, 2.75) is 38.5 Å². The van der Waals surface area contributed by atoms with E-state index in [0.717, 1.165) is 11.1 Å². The van der Waals surface area contributed by atoms with Gasteiger partial charge in [-0.25, -0.2) is 27.4 Å². The predicted molar refractivity (Wildman–Crippen MR) is 98.0 cm³/mol. The van der Waals surface area contributed by atoms with Crippen LogP contribution in [0.2, 0.25) is 0 Å². The second-order valence-electron chi connectivity index (χ2n) is 8.04. The molecule has 0 unspecified atom stereocenters. The molecule has 0 saturated heterocycles. The van der Waals surface area contributed by atoms with Crippen molar-refractivity contribution in [1.29, 1.82) is 0 Å². The maximum Gasteiger partial charge on any atom is 0.243 e. The number of nitrogens with one attached hydrogen (secondary N) is 1. The minimum Gasteiger partial charge on any atom is -0.273 e. The number of rotatable bonds is 4. The summed E-state index contributed by atoms with van der Waals surface area (Å²) in [5.41, 5.74) is 3.04. The molecule has 2 aromatic rings. The number of hydrogen-bond acceptors (Lipinski definition) is 2. The Bertz CT molecular complexity index is 951. The van der Waals surface area contributed by atoms with Crippen molar-refractivity contribution >= 4 is 12.1 Å². The summed E-state index contributed by atoms with van der Waals surface area (Å²) >= 11 is 0. The van der Waals surface area contributed by atoms with Crippen LogP contribution in [0.4, 0.5) is 22.0 Å². The van der Waals surface area contributed by atoms with E-state index in [1.807, 2.05) is 24.3 Å². The summed E-state index contributed by atoms with van der Waals surface area (Å²) in [6.07, 6.45) is 0.989. The van der Waals surface area contributed by atoms with Crippen LogP contribution in [0.15, 0.2) is 29.4 Å². The molecule has 0 bridgehead atoms. The number of hydrogen-bond donors (Lipinski definition) is 1. The normalized spacial score (nSPS) is 18.9. The van der Waals surface area contributed by atoms with Crippen LogP contribution in [0.5, 0.6) is 0 Å². The Morgan fingerprint density at radius 3 is 2.00 bits per heavy atom. The fourth-order valence-corrected chi connectivity index (χ4v) is 3.06. The minimum absolute atomic E-state index is 0.00611. The van der Waals surface area contributed by atoms with Crippen molar-refractivity contribution in [2.75, 3.05) is 0 Å². The Kier molecular flexibility index (Phi) is 5.47. The molecule has 0 spiro atoms. The van der Waals surface area contributed by atoms with E-state index in [1.165, 1.54) is 0 Å². The standard InChI is InChI=1S/C21H19F5N2O/c1-21(2,3)11-6-4-10(5-7-11)12-8-13(12)20(29)28-27-9-14-15(22)17(24)19(26)18(25)16(14)23/h4-7,9,12-13H,8H2,1-3H3,(H,28,29)/t12-,13+/m0/s1. The molecule has 29 heavy (non-hydrogen) atoms. The smallest absolute Gasteiger partial charge is 0.243 e. The summed E-state index contributed by atoms with van der Waals surface area (Å²) in [7, 11) is 0. The van der Waals surface area contributed by atoms with Gasteiger partial charge in [0.05, 0.1) is 11.8 Å². The molecule has 1 fully saturated rings. The first-order valence-corrected chi connectivity index (χ1v) is 8.97. The van der Waals surface area contributed by atoms with Crippen molar-refractivity contribution in [3.05, 3.63) is 70.0 Å². The molecular weight excluding hydrogens is 391 g/mol. The number of carbonyl (C=O) groups excluding carboxylic acids is 1. The van der Waals surface area contributed by atoms with E-state index < -0.39 is 40.6 Å². The second-order valence-corrected chi connectivity index (χ2v) is 8.04. The molecular formula is C21H19F5N2O. The van der Waals surface area contributed by atoms with Gasteiger partial charge in [0.1, 0.15) is 0 Å². The van der Waals surface area contributed by atoms with Crippen LogP contribution in [-0.2, 0) is 10.2 Å². The van der Waals surface area contributed by atoms with Crippen LogP contribution >= 0.6 is 0 Å². The highest BCUT2D eigenvalue weighted by atomic mass is 19.2. The predicted octanol–water partition coefficient (Wildman–Crippen LogP) is 4.93. The monoisotopic (exact) mass is 410 g/mol. The van der Waals surface area contributed by atoms with Crippen LogP contribution in [0.1, 0.15) is 49.8 Å². The second kappa shape index (κ2) is 7.57. The van der Waals surface area contributed by atoms with Crippen LogP contribution in [-0.4, -0.2) is 12.1 Å². The summed E-state index contributed by atoms with van der Waals surface area (Å²) < 4.78 is 66.5. The zero-order chi connectivity index (χ0) is 21.5. The number of hydrazone groups is 1. The van der Waals surface area contributed by atoms with Gasteiger partial charge in [0.25, 0.3) is 0 Å². The van der Waals surface area contributed by atoms with Crippen LogP contribution in [0.25, 0.3) is 0 Å². The summed E-state index contributed by atoms with van der Waals surface area (Å²) in [6, 6.07) is 7.92. The summed E-state index contributed by atoms with van der Waals surface area (Å²) in [5, 5.41) is 3.35. The van der Waals surface area contributed by atoms with Gasteiger partial charge in [-0.05, 0) is 28.9 Å². The number of carbonyl (C=O) groups is 1. The van der Waals surface area contributed by atoms with E-state index in [2.05, 4.69) is 31.3 Å². The average Bonchev–Trinajstić information content (AvgIpc) is 3.48. The third-order valence-corrected chi connectivity index (χ3v) is 4.94. The third kappa shape index (κ3) is 4.16. The van der Waals surface area contributed by atoms with E-state index >= 15 is 0 Å². The third-order valence-electron chi connectivity index (χ3n) is 4.94. The van der Waals surface area contributed by atoms with Gasteiger partial charge in [0.15, 0.2) is 23.3 Å². The Hall–Kier alpha value is -2.77. The lowest BCUT2D eigenvalue weighted by molar-refractivity contribution is -0.122. The molecule has 154 valence electrons. The molecule has 8 heteroatoms. The van der Waals surface area contributed by atoms with Gasteiger partial charge < -0.3 is 0 Å². The molecule has 1 N–H and O–H groups in total. The van der Waals surface area contributed by atoms with Crippen LogP contribution in [0.3, 0.4) is 0 Å². The molecule has 1 aliphatic rings. The quantitative estimate of drug-likeness (QED) is 0.251. The van der Waals surface area contributed by atoms with Crippen LogP contribution < -0.4 is 5.43 Å². The molecule has 1 amide bonds. The lowest BCUT2D eigenvalue weighted by atomic mass is 9.86. The Morgan fingerprint density at radius 1 is 0.966 bits per heavy atom. The van der Waals surface area contributed by atoms with Gasteiger partial charge in [-0.1, -0.05) is 45.0 Å². The summed E-state index contributed by atoms with van der Waals surface area (Å²) in [6.45, 7) is 6.29. The van der Waals surface area contributed by atoms with Crippen molar-refractivity contribution < 1.29 is 26.7 Å². The van der Waals surface area contributed by atoms with Gasteiger partial charge in [-0.2, -0.15) is 5.10 Å². The maximum absolute atomic E-state index is 13.6. The summed E-state index contributed by atoms with van der Waals surface area (Å²) in [5.74, 6) is -11.3. The van der Waals surface area contributed by atoms with Gasteiger partial charge >= 0.3 is 0 Å². The number of nitrogens with zero attached hydrogens (tertiary/aromatic N) is 1. The minimum atomic E-state index is -2.25. The molecule has 3 nitrogen and oxygen atoms in total.